The van der Waals surface area contributed by atoms with E-state index >= 15 is 0 Å². The molecule has 0 fully saturated rings. The van der Waals surface area contributed by atoms with Gasteiger partial charge in [0, 0.05) is 22.8 Å². The molecule has 0 spiro atoms. The maximum Gasteiger partial charge on any atom is 0.273 e. The van der Waals surface area contributed by atoms with E-state index in [0.29, 0.717) is 28.2 Å². The molecule has 3 aromatic rings. The first-order chi connectivity index (χ1) is 12.0. The molecule has 5 nitrogen and oxygen atoms in total. The van der Waals surface area contributed by atoms with Crippen molar-refractivity contribution in [2.24, 2.45) is 0 Å². The fourth-order valence-corrected chi connectivity index (χ4v) is 2.41. The SMILES string of the molecule is Cc1ccc(-c2ccc(/C=C/C(=O)c3ccccc3)o2)cc1[N+](=O)[O-]. The van der Waals surface area contributed by atoms with Gasteiger partial charge in [-0.1, -0.05) is 42.5 Å². The van der Waals surface area contributed by atoms with Crippen molar-refractivity contribution in [1.29, 1.82) is 0 Å². The highest BCUT2D eigenvalue weighted by Gasteiger charge is 2.13. The van der Waals surface area contributed by atoms with Gasteiger partial charge in [-0.15, -0.1) is 0 Å². The summed E-state index contributed by atoms with van der Waals surface area (Å²) in [5.74, 6) is 0.891. The number of rotatable bonds is 5. The number of carbonyl (C=O) groups excluding carboxylic acids is 1. The summed E-state index contributed by atoms with van der Waals surface area (Å²) in [4.78, 5) is 22.7. The highest BCUT2D eigenvalue weighted by Crippen LogP contribution is 2.28. The van der Waals surface area contributed by atoms with Crippen LogP contribution >= 0.6 is 0 Å². The standard InChI is InChI=1S/C20H15NO4/c1-14-7-8-16(13-18(14)21(23)24)20-12-10-17(25-20)9-11-19(22)15-5-3-2-4-6-15/h2-13H,1H3/b11-9+. The molecule has 2 aromatic carbocycles. The number of allylic oxidation sites excluding steroid dienone is 1. The first-order valence-corrected chi connectivity index (χ1v) is 7.67. The molecule has 0 aliphatic carbocycles. The van der Waals surface area contributed by atoms with Gasteiger partial charge in [-0.2, -0.15) is 0 Å². The number of hydrogen-bond donors (Lipinski definition) is 0. The van der Waals surface area contributed by atoms with Crippen LogP contribution in [0.1, 0.15) is 21.7 Å². The van der Waals surface area contributed by atoms with Gasteiger partial charge in [-0.05, 0) is 31.2 Å². The predicted molar refractivity (Wildman–Crippen MR) is 95.3 cm³/mol. The summed E-state index contributed by atoms with van der Waals surface area (Å²) in [7, 11) is 0. The maximum atomic E-state index is 12.0. The van der Waals surface area contributed by atoms with E-state index in [1.165, 1.54) is 12.1 Å². The maximum absolute atomic E-state index is 12.0. The van der Waals surface area contributed by atoms with Crippen LogP contribution in [0.2, 0.25) is 0 Å². The predicted octanol–water partition coefficient (Wildman–Crippen LogP) is 5.06. The summed E-state index contributed by atoms with van der Waals surface area (Å²) >= 11 is 0. The molecule has 3 rings (SSSR count). The smallest absolute Gasteiger partial charge is 0.273 e. The van der Waals surface area contributed by atoms with Crippen LogP contribution in [0.4, 0.5) is 5.69 Å². The summed E-state index contributed by atoms with van der Waals surface area (Å²) in [6, 6.07) is 17.3. The van der Waals surface area contributed by atoms with Gasteiger partial charge >= 0.3 is 0 Å². The number of hydrogen-bond acceptors (Lipinski definition) is 4. The van der Waals surface area contributed by atoms with Gasteiger partial charge in [-0.3, -0.25) is 14.9 Å². The van der Waals surface area contributed by atoms with E-state index < -0.39 is 4.92 Å². The molecule has 0 atom stereocenters. The van der Waals surface area contributed by atoms with E-state index in [1.54, 1.807) is 61.5 Å². The van der Waals surface area contributed by atoms with E-state index in [9.17, 15) is 14.9 Å². The number of carbonyl (C=O) groups is 1. The third-order valence-electron chi connectivity index (χ3n) is 3.77. The second-order valence-electron chi connectivity index (χ2n) is 5.52. The Balaban J connectivity index is 1.81. The number of nitro benzene ring substituents is 1. The molecule has 0 saturated heterocycles. The van der Waals surface area contributed by atoms with Crippen molar-refractivity contribution in [2.45, 2.75) is 6.92 Å². The van der Waals surface area contributed by atoms with E-state index in [0.717, 1.165) is 0 Å². The number of aryl methyl sites for hydroxylation is 1. The zero-order chi connectivity index (χ0) is 17.8. The molecular formula is C20H15NO4. The molecule has 0 amide bonds. The Bertz CT molecular complexity index is 955. The van der Waals surface area contributed by atoms with Gasteiger partial charge < -0.3 is 4.42 Å². The minimum Gasteiger partial charge on any atom is -0.457 e. The third kappa shape index (κ3) is 3.72. The van der Waals surface area contributed by atoms with E-state index in [2.05, 4.69) is 0 Å². The molecule has 0 bridgehead atoms. The second kappa shape index (κ2) is 6.97. The van der Waals surface area contributed by atoms with Crippen LogP contribution < -0.4 is 0 Å². The number of furan rings is 1. The highest BCUT2D eigenvalue weighted by atomic mass is 16.6. The molecule has 0 N–H and O–H groups in total. The summed E-state index contributed by atoms with van der Waals surface area (Å²) in [6.45, 7) is 1.69. The Morgan fingerprint density at radius 1 is 1.08 bits per heavy atom. The average molecular weight is 333 g/mol. The van der Waals surface area contributed by atoms with Crippen molar-refractivity contribution in [1.82, 2.24) is 0 Å². The number of benzene rings is 2. The highest BCUT2D eigenvalue weighted by molar-refractivity contribution is 6.06. The summed E-state index contributed by atoms with van der Waals surface area (Å²) in [5.41, 5.74) is 1.85. The average Bonchev–Trinajstić information content (AvgIpc) is 3.09. The van der Waals surface area contributed by atoms with Crippen molar-refractivity contribution in [2.75, 3.05) is 0 Å². The Morgan fingerprint density at radius 2 is 1.84 bits per heavy atom. The van der Waals surface area contributed by atoms with Crippen LogP contribution in [0.15, 0.2) is 71.2 Å². The minimum atomic E-state index is -0.416. The van der Waals surface area contributed by atoms with Gasteiger partial charge in [0.25, 0.3) is 5.69 Å². The van der Waals surface area contributed by atoms with Gasteiger partial charge in [-0.25, -0.2) is 0 Å². The van der Waals surface area contributed by atoms with Crippen LogP contribution in [0, 0.1) is 17.0 Å². The molecule has 0 aliphatic heterocycles. The molecule has 5 heteroatoms. The van der Waals surface area contributed by atoms with Gasteiger partial charge in [0.15, 0.2) is 5.78 Å². The van der Waals surface area contributed by atoms with Gasteiger partial charge in [0.1, 0.15) is 11.5 Å². The summed E-state index contributed by atoms with van der Waals surface area (Å²) in [6.07, 6.45) is 3.02. The Kier molecular flexibility index (Phi) is 4.57. The molecule has 124 valence electrons. The van der Waals surface area contributed by atoms with E-state index in [1.807, 2.05) is 6.07 Å². The Morgan fingerprint density at radius 3 is 2.56 bits per heavy atom. The van der Waals surface area contributed by atoms with Crippen LogP contribution in [0.5, 0.6) is 0 Å². The fraction of sp³-hybridized carbons (Fsp3) is 0.0500. The Labute approximate surface area is 144 Å². The van der Waals surface area contributed by atoms with E-state index in [4.69, 9.17) is 4.42 Å². The zero-order valence-electron chi connectivity index (χ0n) is 13.5. The molecule has 1 aromatic heterocycles. The van der Waals surface area contributed by atoms with Crippen molar-refractivity contribution in [3.63, 3.8) is 0 Å². The first-order valence-electron chi connectivity index (χ1n) is 7.67. The molecule has 0 aliphatic rings. The van der Waals surface area contributed by atoms with Crippen molar-refractivity contribution in [3.8, 4) is 11.3 Å². The lowest BCUT2D eigenvalue weighted by Gasteiger charge is -2.00. The van der Waals surface area contributed by atoms with Crippen LogP contribution in [0.25, 0.3) is 17.4 Å². The lowest BCUT2D eigenvalue weighted by molar-refractivity contribution is -0.385. The number of nitrogens with zero attached hydrogens (tertiary/aromatic N) is 1. The van der Waals surface area contributed by atoms with Gasteiger partial charge in [0.05, 0.1) is 4.92 Å². The monoisotopic (exact) mass is 333 g/mol. The van der Waals surface area contributed by atoms with Crippen molar-refractivity contribution < 1.29 is 14.1 Å². The second-order valence-corrected chi connectivity index (χ2v) is 5.52. The molecule has 1 heterocycles. The van der Waals surface area contributed by atoms with Crippen molar-refractivity contribution in [3.05, 3.63) is 93.7 Å². The normalized spacial score (nSPS) is 10.9. The van der Waals surface area contributed by atoms with Crippen molar-refractivity contribution >= 4 is 17.5 Å². The van der Waals surface area contributed by atoms with Crippen LogP contribution in [-0.2, 0) is 0 Å². The topological polar surface area (TPSA) is 73.3 Å². The van der Waals surface area contributed by atoms with Crippen LogP contribution in [0.3, 0.4) is 0 Å². The quantitative estimate of drug-likeness (QED) is 0.283. The first kappa shape index (κ1) is 16.4. The lowest BCUT2D eigenvalue weighted by atomic mass is 10.1. The number of ketones is 1. The molecule has 25 heavy (non-hydrogen) atoms. The summed E-state index contributed by atoms with van der Waals surface area (Å²) < 4.78 is 5.67. The largest absolute Gasteiger partial charge is 0.457 e. The minimum absolute atomic E-state index is 0.0465. The summed E-state index contributed by atoms with van der Waals surface area (Å²) in [5, 5.41) is 11.0. The molecular weight excluding hydrogens is 318 g/mol. The van der Waals surface area contributed by atoms with E-state index in [-0.39, 0.29) is 11.5 Å². The Hall–Kier alpha value is -3.47. The van der Waals surface area contributed by atoms with Crippen LogP contribution in [-0.4, -0.2) is 10.7 Å². The third-order valence-corrected chi connectivity index (χ3v) is 3.77. The van der Waals surface area contributed by atoms with Gasteiger partial charge in [0.2, 0.25) is 0 Å². The molecule has 0 unspecified atom stereocenters. The molecule has 0 saturated carbocycles. The molecule has 0 radical (unpaired) electrons. The lowest BCUT2D eigenvalue weighted by Crippen LogP contribution is -1.92. The zero-order valence-corrected chi connectivity index (χ0v) is 13.5. The fourth-order valence-electron chi connectivity index (χ4n) is 2.41. The number of nitro groups is 1.